The Balaban J connectivity index is 1.59. The van der Waals surface area contributed by atoms with Crippen molar-refractivity contribution in [3.63, 3.8) is 0 Å². The topological polar surface area (TPSA) is 49.8 Å². The molecule has 2 aromatic carbocycles. The van der Waals surface area contributed by atoms with Gasteiger partial charge in [-0.15, -0.1) is 0 Å². The highest BCUT2D eigenvalue weighted by molar-refractivity contribution is 6.30. The van der Waals surface area contributed by atoms with E-state index in [2.05, 4.69) is 20.6 Å². The average molecular weight is 343 g/mol. The van der Waals surface area contributed by atoms with E-state index < -0.39 is 0 Å². The summed E-state index contributed by atoms with van der Waals surface area (Å²) in [5, 5.41) is 7.03. The molecule has 0 unspecified atom stereocenters. The summed E-state index contributed by atoms with van der Waals surface area (Å²) in [7, 11) is 0. The van der Waals surface area contributed by atoms with Crippen molar-refractivity contribution < 1.29 is 4.39 Å². The molecule has 0 amide bonds. The zero-order valence-electron chi connectivity index (χ0n) is 12.8. The fourth-order valence-electron chi connectivity index (χ4n) is 2.26. The Labute approximate surface area is 144 Å². The van der Waals surface area contributed by atoms with Crippen LogP contribution in [0.3, 0.4) is 0 Å². The van der Waals surface area contributed by atoms with Crippen LogP contribution in [0, 0.1) is 5.82 Å². The molecule has 4 nitrogen and oxygen atoms in total. The van der Waals surface area contributed by atoms with Crippen molar-refractivity contribution in [2.24, 2.45) is 0 Å². The first-order valence-electron chi connectivity index (χ1n) is 7.52. The molecule has 0 bridgehead atoms. The molecule has 24 heavy (non-hydrogen) atoms. The SMILES string of the molecule is Fc1cccc(Nc2cc(NCCc3cccc(Cl)c3)ncn2)c1. The minimum absolute atomic E-state index is 0.297. The number of hydrogen-bond donors (Lipinski definition) is 2. The van der Waals surface area contributed by atoms with Crippen molar-refractivity contribution in [2.75, 3.05) is 17.2 Å². The maximum Gasteiger partial charge on any atom is 0.135 e. The predicted octanol–water partition coefficient (Wildman–Crippen LogP) is 4.67. The van der Waals surface area contributed by atoms with E-state index in [0.29, 0.717) is 17.3 Å². The fourth-order valence-corrected chi connectivity index (χ4v) is 2.48. The summed E-state index contributed by atoms with van der Waals surface area (Å²) >= 11 is 5.97. The Hall–Kier alpha value is -2.66. The van der Waals surface area contributed by atoms with Crippen LogP contribution in [0.4, 0.5) is 21.7 Å². The Morgan fingerprint density at radius 3 is 2.62 bits per heavy atom. The molecular formula is C18H16ClFN4. The van der Waals surface area contributed by atoms with Gasteiger partial charge in [-0.2, -0.15) is 0 Å². The maximum atomic E-state index is 13.2. The summed E-state index contributed by atoms with van der Waals surface area (Å²) in [6, 6.07) is 15.8. The number of benzene rings is 2. The van der Waals surface area contributed by atoms with E-state index in [-0.39, 0.29) is 5.82 Å². The highest BCUT2D eigenvalue weighted by Gasteiger charge is 2.01. The number of nitrogens with zero attached hydrogens (tertiary/aromatic N) is 2. The molecule has 3 aromatic rings. The Morgan fingerprint density at radius 1 is 0.958 bits per heavy atom. The molecule has 2 N–H and O–H groups in total. The summed E-state index contributed by atoms with van der Waals surface area (Å²) in [6.07, 6.45) is 2.29. The first-order chi connectivity index (χ1) is 11.7. The Morgan fingerprint density at radius 2 is 1.79 bits per heavy atom. The molecule has 1 aromatic heterocycles. The minimum Gasteiger partial charge on any atom is -0.370 e. The van der Waals surface area contributed by atoms with E-state index in [0.717, 1.165) is 23.6 Å². The minimum atomic E-state index is -0.297. The number of aromatic nitrogens is 2. The quantitative estimate of drug-likeness (QED) is 0.683. The molecule has 3 rings (SSSR count). The molecule has 0 saturated carbocycles. The van der Waals surface area contributed by atoms with Gasteiger partial charge in [0.25, 0.3) is 0 Å². The van der Waals surface area contributed by atoms with E-state index in [1.807, 2.05) is 24.3 Å². The second-order valence-electron chi connectivity index (χ2n) is 5.23. The highest BCUT2D eigenvalue weighted by Crippen LogP contribution is 2.17. The van der Waals surface area contributed by atoms with Gasteiger partial charge in [0, 0.05) is 23.3 Å². The van der Waals surface area contributed by atoms with Crippen LogP contribution in [0.15, 0.2) is 60.9 Å². The van der Waals surface area contributed by atoms with Gasteiger partial charge in [-0.25, -0.2) is 14.4 Å². The number of halogens is 2. The van der Waals surface area contributed by atoms with Gasteiger partial charge in [0.05, 0.1) is 0 Å². The fraction of sp³-hybridized carbons (Fsp3) is 0.111. The Kier molecular flexibility index (Phi) is 5.23. The van der Waals surface area contributed by atoms with Gasteiger partial charge in [0.1, 0.15) is 23.8 Å². The molecule has 0 saturated heterocycles. The van der Waals surface area contributed by atoms with E-state index in [4.69, 9.17) is 11.6 Å². The summed E-state index contributed by atoms with van der Waals surface area (Å²) in [5.41, 5.74) is 1.79. The number of anilines is 3. The molecule has 0 radical (unpaired) electrons. The second-order valence-corrected chi connectivity index (χ2v) is 5.67. The Bertz CT molecular complexity index is 825. The third-order valence-electron chi connectivity index (χ3n) is 3.37. The van der Waals surface area contributed by atoms with Gasteiger partial charge >= 0.3 is 0 Å². The molecule has 1 heterocycles. The van der Waals surface area contributed by atoms with E-state index in [9.17, 15) is 4.39 Å². The summed E-state index contributed by atoms with van der Waals surface area (Å²) in [4.78, 5) is 8.33. The van der Waals surface area contributed by atoms with Crippen molar-refractivity contribution in [2.45, 2.75) is 6.42 Å². The molecule has 0 aliphatic carbocycles. The van der Waals surface area contributed by atoms with Crippen LogP contribution < -0.4 is 10.6 Å². The van der Waals surface area contributed by atoms with Crippen LogP contribution in [0.2, 0.25) is 5.02 Å². The zero-order valence-corrected chi connectivity index (χ0v) is 13.6. The number of rotatable bonds is 6. The van der Waals surface area contributed by atoms with Crippen molar-refractivity contribution in [1.29, 1.82) is 0 Å². The highest BCUT2D eigenvalue weighted by atomic mass is 35.5. The molecule has 0 aliphatic rings. The van der Waals surface area contributed by atoms with Gasteiger partial charge in [0.15, 0.2) is 0 Å². The van der Waals surface area contributed by atoms with Gasteiger partial charge in [-0.1, -0.05) is 29.8 Å². The zero-order chi connectivity index (χ0) is 16.8. The van der Waals surface area contributed by atoms with Crippen molar-refractivity contribution in [1.82, 2.24) is 9.97 Å². The normalized spacial score (nSPS) is 10.4. The van der Waals surface area contributed by atoms with Gasteiger partial charge in [0.2, 0.25) is 0 Å². The first kappa shape index (κ1) is 16.2. The van der Waals surface area contributed by atoms with Crippen LogP contribution in [0.5, 0.6) is 0 Å². The molecule has 0 aliphatic heterocycles. The predicted molar refractivity (Wildman–Crippen MR) is 95.4 cm³/mol. The lowest BCUT2D eigenvalue weighted by Gasteiger charge is -2.09. The molecule has 0 fully saturated rings. The molecular weight excluding hydrogens is 327 g/mol. The van der Waals surface area contributed by atoms with Crippen molar-refractivity contribution in [3.05, 3.63) is 77.3 Å². The smallest absolute Gasteiger partial charge is 0.135 e. The average Bonchev–Trinajstić information content (AvgIpc) is 2.55. The van der Waals surface area contributed by atoms with Gasteiger partial charge < -0.3 is 10.6 Å². The largest absolute Gasteiger partial charge is 0.370 e. The standard InChI is InChI=1S/C18H16ClFN4/c19-14-4-1-3-13(9-14)7-8-21-17-11-18(23-12-22-17)24-16-6-2-5-15(20)10-16/h1-6,9-12H,7-8H2,(H2,21,22,23,24). The van der Waals surface area contributed by atoms with E-state index in [1.54, 1.807) is 18.2 Å². The van der Waals surface area contributed by atoms with Gasteiger partial charge in [-0.05, 0) is 42.3 Å². The molecule has 6 heteroatoms. The lowest BCUT2D eigenvalue weighted by atomic mass is 10.1. The summed E-state index contributed by atoms with van der Waals surface area (Å²) in [5.74, 6) is 1.00. The number of hydrogen-bond acceptors (Lipinski definition) is 4. The third kappa shape index (κ3) is 4.67. The lowest BCUT2D eigenvalue weighted by molar-refractivity contribution is 0.628. The van der Waals surface area contributed by atoms with Crippen LogP contribution in [0.25, 0.3) is 0 Å². The van der Waals surface area contributed by atoms with Gasteiger partial charge in [-0.3, -0.25) is 0 Å². The number of nitrogens with one attached hydrogen (secondary N) is 2. The third-order valence-corrected chi connectivity index (χ3v) is 3.61. The molecule has 0 atom stereocenters. The first-order valence-corrected chi connectivity index (χ1v) is 7.90. The van der Waals surface area contributed by atoms with E-state index >= 15 is 0 Å². The van der Waals surface area contributed by atoms with Crippen LogP contribution in [-0.2, 0) is 6.42 Å². The van der Waals surface area contributed by atoms with Crippen molar-refractivity contribution in [3.8, 4) is 0 Å². The summed E-state index contributed by atoms with van der Waals surface area (Å²) < 4.78 is 13.2. The van der Waals surface area contributed by atoms with Crippen LogP contribution >= 0.6 is 11.6 Å². The van der Waals surface area contributed by atoms with E-state index in [1.165, 1.54) is 18.5 Å². The lowest BCUT2D eigenvalue weighted by Crippen LogP contribution is -2.07. The van der Waals surface area contributed by atoms with Crippen LogP contribution in [-0.4, -0.2) is 16.5 Å². The summed E-state index contributed by atoms with van der Waals surface area (Å²) in [6.45, 7) is 0.719. The molecule has 0 spiro atoms. The monoisotopic (exact) mass is 342 g/mol. The van der Waals surface area contributed by atoms with Crippen molar-refractivity contribution >= 4 is 28.9 Å². The second kappa shape index (κ2) is 7.75. The molecule has 122 valence electrons. The maximum absolute atomic E-state index is 13.2. The van der Waals surface area contributed by atoms with Crippen LogP contribution in [0.1, 0.15) is 5.56 Å².